The number of benzene rings is 1. The van der Waals surface area contributed by atoms with Gasteiger partial charge < -0.3 is 4.98 Å². The van der Waals surface area contributed by atoms with Gasteiger partial charge in [-0.15, -0.1) is 0 Å². The van der Waals surface area contributed by atoms with E-state index < -0.39 is 26.2 Å². The maximum atomic E-state index is 12.1. The average molecular weight is 330 g/mol. The summed E-state index contributed by atoms with van der Waals surface area (Å²) < 4.78 is 26.6. The summed E-state index contributed by atoms with van der Waals surface area (Å²) in [5.74, 6) is 0. The molecule has 0 spiro atoms. The van der Waals surface area contributed by atoms with Crippen LogP contribution in [0.2, 0.25) is 5.02 Å². The third kappa shape index (κ3) is 3.60. The zero-order chi connectivity index (χ0) is 15.6. The number of hydrogen-bond acceptors (Lipinski definition) is 4. The number of H-pyrrole nitrogens is 2. The Hall–Kier alpha value is -1.90. The third-order valence-corrected chi connectivity index (χ3v) is 4.53. The smallest absolute Gasteiger partial charge is 0.310 e. The van der Waals surface area contributed by atoms with E-state index in [1.165, 1.54) is 6.92 Å². The number of aromatic amines is 2. The predicted octanol–water partition coefficient (Wildman–Crippen LogP) is 0.504. The van der Waals surface area contributed by atoms with Crippen molar-refractivity contribution >= 4 is 21.6 Å². The molecule has 0 saturated heterocycles. The lowest BCUT2D eigenvalue weighted by atomic mass is 10.2. The summed E-state index contributed by atoms with van der Waals surface area (Å²) in [7, 11) is -4.04. The highest BCUT2D eigenvalue weighted by Crippen LogP contribution is 2.11. The van der Waals surface area contributed by atoms with Crippen LogP contribution in [0.1, 0.15) is 11.3 Å². The molecule has 0 atom stereocenters. The number of aromatic nitrogens is 2. The molecule has 0 fully saturated rings. The molecule has 0 aliphatic heterocycles. The molecule has 2 rings (SSSR count). The normalized spacial score (nSPS) is 11.5. The zero-order valence-electron chi connectivity index (χ0n) is 10.9. The Bertz CT molecular complexity index is 869. The van der Waals surface area contributed by atoms with Crippen molar-refractivity contribution in [2.24, 2.45) is 0 Å². The lowest BCUT2D eigenvalue weighted by molar-refractivity contribution is 0.578. The molecule has 0 unspecified atom stereocenters. The molecule has 0 bridgehead atoms. The third-order valence-electron chi connectivity index (χ3n) is 2.72. The Kier molecular flexibility index (Phi) is 4.31. The van der Waals surface area contributed by atoms with Crippen molar-refractivity contribution in [2.75, 3.05) is 0 Å². The molecule has 1 aromatic heterocycles. The summed E-state index contributed by atoms with van der Waals surface area (Å²) in [5.41, 5.74) is -1.05. The molecule has 0 aliphatic rings. The standard InChI is InChI=1S/C12H12ClN3O4S/c1-7-10(11(17)16-12(18)15-7)21(19,20)14-6-8-2-4-9(13)5-3-8/h2-5,14H,6H2,1H3,(H2,15,16,17,18). The number of sulfonamides is 1. The summed E-state index contributed by atoms with van der Waals surface area (Å²) in [5, 5.41) is 0.537. The van der Waals surface area contributed by atoms with Gasteiger partial charge in [0.15, 0.2) is 4.90 Å². The summed E-state index contributed by atoms with van der Waals surface area (Å²) in [6.07, 6.45) is 0. The molecular weight excluding hydrogens is 318 g/mol. The fraction of sp³-hybridized carbons (Fsp3) is 0.167. The van der Waals surface area contributed by atoms with Crippen molar-refractivity contribution in [3.05, 3.63) is 61.4 Å². The Morgan fingerprint density at radius 1 is 1.14 bits per heavy atom. The van der Waals surface area contributed by atoms with E-state index >= 15 is 0 Å². The van der Waals surface area contributed by atoms with Gasteiger partial charge in [-0.3, -0.25) is 9.78 Å². The zero-order valence-corrected chi connectivity index (χ0v) is 12.5. The average Bonchev–Trinajstić information content (AvgIpc) is 2.36. The number of halogens is 1. The second-order valence-electron chi connectivity index (χ2n) is 4.31. The maximum Gasteiger partial charge on any atom is 0.325 e. The molecule has 1 aromatic carbocycles. The van der Waals surface area contributed by atoms with Gasteiger partial charge in [0.2, 0.25) is 10.0 Å². The van der Waals surface area contributed by atoms with Crippen LogP contribution in [0.5, 0.6) is 0 Å². The lowest BCUT2D eigenvalue weighted by Gasteiger charge is -2.08. The van der Waals surface area contributed by atoms with Crippen LogP contribution in [-0.4, -0.2) is 18.4 Å². The van der Waals surface area contributed by atoms with Crippen LogP contribution in [0.3, 0.4) is 0 Å². The van der Waals surface area contributed by atoms with Gasteiger partial charge in [-0.05, 0) is 24.6 Å². The van der Waals surface area contributed by atoms with Crippen LogP contribution in [0, 0.1) is 6.92 Å². The summed E-state index contributed by atoms with van der Waals surface area (Å²) in [4.78, 5) is 26.3. The van der Waals surface area contributed by atoms with Crippen LogP contribution in [0.15, 0.2) is 38.8 Å². The molecule has 9 heteroatoms. The number of hydrogen-bond donors (Lipinski definition) is 3. The van der Waals surface area contributed by atoms with Crippen molar-refractivity contribution in [1.82, 2.24) is 14.7 Å². The number of aryl methyl sites for hydroxylation is 1. The highest BCUT2D eigenvalue weighted by Gasteiger charge is 2.21. The van der Waals surface area contributed by atoms with Gasteiger partial charge in [-0.2, -0.15) is 0 Å². The second kappa shape index (κ2) is 5.84. The molecule has 112 valence electrons. The molecule has 1 heterocycles. The van der Waals surface area contributed by atoms with Crippen LogP contribution in [0.25, 0.3) is 0 Å². The van der Waals surface area contributed by atoms with Crippen LogP contribution >= 0.6 is 11.6 Å². The molecule has 0 saturated carbocycles. The van der Waals surface area contributed by atoms with Crippen LogP contribution in [-0.2, 0) is 16.6 Å². The summed E-state index contributed by atoms with van der Waals surface area (Å²) in [6, 6.07) is 6.58. The highest BCUT2D eigenvalue weighted by atomic mass is 35.5. The molecule has 3 N–H and O–H groups in total. The Morgan fingerprint density at radius 3 is 2.33 bits per heavy atom. The van der Waals surface area contributed by atoms with Gasteiger partial charge in [0.25, 0.3) is 5.56 Å². The summed E-state index contributed by atoms with van der Waals surface area (Å²) in [6.45, 7) is 1.34. The summed E-state index contributed by atoms with van der Waals surface area (Å²) >= 11 is 5.74. The van der Waals surface area contributed by atoms with E-state index in [4.69, 9.17) is 11.6 Å². The minimum Gasteiger partial charge on any atom is -0.310 e. The Morgan fingerprint density at radius 2 is 1.76 bits per heavy atom. The van der Waals surface area contributed by atoms with E-state index in [2.05, 4.69) is 9.71 Å². The van der Waals surface area contributed by atoms with E-state index in [9.17, 15) is 18.0 Å². The maximum absolute atomic E-state index is 12.1. The molecule has 2 aromatic rings. The Balaban J connectivity index is 2.29. The number of nitrogens with one attached hydrogen (secondary N) is 3. The predicted molar refractivity (Wildman–Crippen MR) is 77.9 cm³/mol. The first-order valence-corrected chi connectivity index (χ1v) is 7.73. The van der Waals surface area contributed by atoms with E-state index in [-0.39, 0.29) is 12.2 Å². The highest BCUT2D eigenvalue weighted by molar-refractivity contribution is 7.89. The lowest BCUT2D eigenvalue weighted by Crippen LogP contribution is -2.34. The van der Waals surface area contributed by atoms with E-state index in [1.807, 2.05) is 4.98 Å². The van der Waals surface area contributed by atoms with Gasteiger partial charge in [0.05, 0.1) is 0 Å². The molecule has 0 amide bonds. The van der Waals surface area contributed by atoms with Crippen molar-refractivity contribution < 1.29 is 8.42 Å². The minimum atomic E-state index is -4.04. The minimum absolute atomic E-state index is 0.00247. The Labute approximate surface area is 125 Å². The molecule has 7 nitrogen and oxygen atoms in total. The van der Waals surface area contributed by atoms with Crippen molar-refractivity contribution in [3.63, 3.8) is 0 Å². The fourth-order valence-electron chi connectivity index (χ4n) is 1.76. The van der Waals surface area contributed by atoms with E-state index in [0.29, 0.717) is 10.6 Å². The van der Waals surface area contributed by atoms with Gasteiger partial charge in [0.1, 0.15) is 0 Å². The second-order valence-corrected chi connectivity index (χ2v) is 6.45. The van der Waals surface area contributed by atoms with Crippen molar-refractivity contribution in [2.45, 2.75) is 18.4 Å². The van der Waals surface area contributed by atoms with Crippen LogP contribution in [0.4, 0.5) is 0 Å². The first-order chi connectivity index (χ1) is 9.79. The van der Waals surface area contributed by atoms with Gasteiger partial charge in [-0.1, -0.05) is 23.7 Å². The molecule has 0 aliphatic carbocycles. The van der Waals surface area contributed by atoms with Crippen molar-refractivity contribution in [3.8, 4) is 0 Å². The molecule has 21 heavy (non-hydrogen) atoms. The fourth-order valence-corrected chi connectivity index (χ4v) is 3.14. The molecular formula is C12H12ClN3O4S. The monoisotopic (exact) mass is 329 g/mol. The van der Waals surface area contributed by atoms with E-state index in [0.717, 1.165) is 0 Å². The van der Waals surface area contributed by atoms with E-state index in [1.54, 1.807) is 24.3 Å². The molecule has 0 radical (unpaired) electrons. The van der Waals surface area contributed by atoms with Crippen LogP contribution < -0.4 is 16.0 Å². The first-order valence-electron chi connectivity index (χ1n) is 5.87. The SMILES string of the molecule is Cc1[nH]c(=O)[nH]c(=O)c1S(=O)(=O)NCc1ccc(Cl)cc1. The first kappa shape index (κ1) is 15.5. The topological polar surface area (TPSA) is 112 Å². The van der Waals surface area contributed by atoms with Gasteiger partial charge in [0, 0.05) is 17.3 Å². The van der Waals surface area contributed by atoms with Gasteiger partial charge in [-0.25, -0.2) is 17.9 Å². The number of rotatable bonds is 4. The quantitative estimate of drug-likeness (QED) is 0.758. The van der Waals surface area contributed by atoms with Gasteiger partial charge >= 0.3 is 5.69 Å². The van der Waals surface area contributed by atoms with Crippen molar-refractivity contribution in [1.29, 1.82) is 0 Å². The largest absolute Gasteiger partial charge is 0.325 e.